The first-order chi connectivity index (χ1) is 9.53. The number of amidine groups is 1. The van der Waals surface area contributed by atoms with E-state index in [-0.39, 0.29) is 18.9 Å². The van der Waals surface area contributed by atoms with Crippen LogP contribution in [0.3, 0.4) is 0 Å². The van der Waals surface area contributed by atoms with Crippen molar-refractivity contribution in [1.29, 1.82) is 0 Å². The summed E-state index contributed by atoms with van der Waals surface area (Å²) < 4.78 is 26.5. The van der Waals surface area contributed by atoms with Crippen molar-refractivity contribution in [3.05, 3.63) is 12.3 Å². The van der Waals surface area contributed by atoms with Gasteiger partial charge in [0.25, 0.3) is 5.92 Å². The van der Waals surface area contributed by atoms with Crippen LogP contribution in [0.4, 0.5) is 8.78 Å². The standard InChI is InChI=1S/C14H24F2N4/c1-19-8-4-2-3-7-18-13(19)12(11-17)20-9-5-14(15,16)6-10-20/h4,8,12H,2-3,5-7,9-11,17H2,1H3. The van der Waals surface area contributed by atoms with Gasteiger partial charge in [0.2, 0.25) is 0 Å². The van der Waals surface area contributed by atoms with Crippen LogP contribution in [0.25, 0.3) is 0 Å². The second-order valence-electron chi connectivity index (χ2n) is 5.52. The van der Waals surface area contributed by atoms with Crippen molar-refractivity contribution in [3.8, 4) is 0 Å². The molecule has 2 rings (SSSR count). The maximum atomic E-state index is 13.3. The van der Waals surface area contributed by atoms with E-state index in [2.05, 4.69) is 11.1 Å². The van der Waals surface area contributed by atoms with E-state index in [1.807, 2.05) is 23.0 Å². The van der Waals surface area contributed by atoms with Crippen LogP contribution in [0.5, 0.6) is 0 Å². The normalized spacial score (nSPS) is 25.8. The van der Waals surface area contributed by atoms with Gasteiger partial charge >= 0.3 is 0 Å². The number of hydrogen-bond donors (Lipinski definition) is 1. The van der Waals surface area contributed by atoms with Crippen LogP contribution in [0.1, 0.15) is 25.7 Å². The molecule has 1 fully saturated rings. The molecule has 1 unspecified atom stereocenters. The Morgan fingerprint density at radius 2 is 2.10 bits per heavy atom. The number of alkyl halides is 2. The summed E-state index contributed by atoms with van der Waals surface area (Å²) in [5.74, 6) is -1.63. The third-order valence-electron chi connectivity index (χ3n) is 3.98. The number of nitrogens with zero attached hydrogens (tertiary/aromatic N) is 3. The highest BCUT2D eigenvalue weighted by molar-refractivity contribution is 5.88. The monoisotopic (exact) mass is 286 g/mol. The molecular weight excluding hydrogens is 262 g/mol. The summed E-state index contributed by atoms with van der Waals surface area (Å²) in [7, 11) is 1.95. The molecule has 0 spiro atoms. The Balaban J connectivity index is 2.08. The molecule has 2 N–H and O–H groups in total. The maximum absolute atomic E-state index is 13.3. The molecule has 0 radical (unpaired) electrons. The molecule has 1 atom stereocenters. The van der Waals surface area contributed by atoms with Crippen molar-refractivity contribution in [2.75, 3.05) is 33.2 Å². The van der Waals surface area contributed by atoms with Crippen molar-refractivity contribution in [2.45, 2.75) is 37.6 Å². The molecule has 0 saturated carbocycles. The lowest BCUT2D eigenvalue weighted by Gasteiger charge is -2.39. The van der Waals surface area contributed by atoms with Crippen LogP contribution in [0.15, 0.2) is 17.3 Å². The third-order valence-corrected chi connectivity index (χ3v) is 3.98. The minimum atomic E-state index is -2.52. The van der Waals surface area contributed by atoms with Crippen LogP contribution in [-0.2, 0) is 0 Å². The zero-order valence-electron chi connectivity index (χ0n) is 12.1. The quantitative estimate of drug-likeness (QED) is 0.858. The second-order valence-corrected chi connectivity index (χ2v) is 5.52. The van der Waals surface area contributed by atoms with Crippen LogP contribution in [0.2, 0.25) is 0 Å². The predicted molar refractivity (Wildman–Crippen MR) is 77.0 cm³/mol. The second kappa shape index (κ2) is 6.63. The van der Waals surface area contributed by atoms with Crippen molar-refractivity contribution in [3.63, 3.8) is 0 Å². The summed E-state index contributed by atoms with van der Waals surface area (Å²) in [5, 5.41) is 0. The summed E-state index contributed by atoms with van der Waals surface area (Å²) in [6.07, 6.45) is 5.98. The lowest BCUT2D eigenvalue weighted by Crippen LogP contribution is -2.54. The van der Waals surface area contributed by atoms with Gasteiger partial charge in [0.05, 0.1) is 6.04 Å². The number of likely N-dealkylation sites (N-methyl/N-ethyl adjacent to an activating group) is 1. The number of piperidine rings is 1. The molecule has 0 aromatic heterocycles. The Morgan fingerprint density at radius 3 is 2.75 bits per heavy atom. The summed E-state index contributed by atoms with van der Waals surface area (Å²) >= 11 is 0. The van der Waals surface area contributed by atoms with E-state index in [0.717, 1.165) is 25.2 Å². The largest absolute Gasteiger partial charge is 0.339 e. The Morgan fingerprint density at radius 1 is 1.40 bits per heavy atom. The number of hydrogen-bond acceptors (Lipinski definition) is 4. The van der Waals surface area contributed by atoms with E-state index in [1.54, 1.807) is 0 Å². The van der Waals surface area contributed by atoms with Gasteiger partial charge < -0.3 is 10.6 Å². The van der Waals surface area contributed by atoms with Gasteiger partial charge in [-0.3, -0.25) is 9.89 Å². The summed E-state index contributed by atoms with van der Waals surface area (Å²) in [6, 6.07) is -0.0705. The molecule has 114 valence electrons. The molecule has 4 nitrogen and oxygen atoms in total. The molecular formula is C14H24F2N4. The fourth-order valence-corrected chi connectivity index (χ4v) is 2.74. The molecule has 6 heteroatoms. The first-order valence-electron chi connectivity index (χ1n) is 7.29. The zero-order valence-corrected chi connectivity index (χ0v) is 12.1. The Labute approximate surface area is 119 Å². The molecule has 0 aromatic carbocycles. The molecule has 2 aliphatic rings. The zero-order chi connectivity index (χ0) is 14.6. The van der Waals surface area contributed by atoms with E-state index in [1.165, 1.54) is 0 Å². The fraction of sp³-hybridized carbons (Fsp3) is 0.786. The van der Waals surface area contributed by atoms with E-state index in [9.17, 15) is 8.78 Å². The predicted octanol–water partition coefficient (Wildman–Crippen LogP) is 1.68. The van der Waals surface area contributed by atoms with Crippen molar-refractivity contribution >= 4 is 5.84 Å². The molecule has 0 aliphatic carbocycles. The lowest BCUT2D eigenvalue weighted by molar-refractivity contribution is -0.0583. The van der Waals surface area contributed by atoms with Gasteiger partial charge in [0, 0.05) is 52.3 Å². The topological polar surface area (TPSA) is 44.9 Å². The van der Waals surface area contributed by atoms with E-state index >= 15 is 0 Å². The molecule has 0 aromatic rings. The number of rotatable bonds is 3. The van der Waals surface area contributed by atoms with Gasteiger partial charge in [-0.15, -0.1) is 0 Å². The van der Waals surface area contributed by atoms with Gasteiger partial charge in [-0.2, -0.15) is 0 Å². The van der Waals surface area contributed by atoms with E-state index in [0.29, 0.717) is 19.6 Å². The average molecular weight is 286 g/mol. The van der Waals surface area contributed by atoms with Crippen molar-refractivity contribution < 1.29 is 8.78 Å². The lowest BCUT2D eigenvalue weighted by atomic mass is 10.0. The molecule has 0 amide bonds. The first-order valence-corrected chi connectivity index (χ1v) is 7.29. The van der Waals surface area contributed by atoms with Crippen LogP contribution in [-0.4, -0.2) is 60.8 Å². The number of aliphatic imine (C=N–C) groups is 1. The summed E-state index contributed by atoms with van der Waals surface area (Å²) in [4.78, 5) is 8.65. The van der Waals surface area contributed by atoms with Crippen molar-refractivity contribution in [1.82, 2.24) is 9.80 Å². The highest BCUT2D eigenvalue weighted by Crippen LogP contribution is 2.28. The van der Waals surface area contributed by atoms with Crippen LogP contribution >= 0.6 is 0 Å². The molecule has 20 heavy (non-hydrogen) atoms. The first kappa shape index (κ1) is 15.4. The minimum absolute atomic E-state index is 0.0705. The van der Waals surface area contributed by atoms with E-state index in [4.69, 9.17) is 5.73 Å². The van der Waals surface area contributed by atoms with Gasteiger partial charge in [-0.05, 0) is 12.8 Å². The number of halogens is 2. The smallest absolute Gasteiger partial charge is 0.250 e. The fourth-order valence-electron chi connectivity index (χ4n) is 2.74. The van der Waals surface area contributed by atoms with Crippen molar-refractivity contribution in [2.24, 2.45) is 10.7 Å². The summed E-state index contributed by atoms with van der Waals surface area (Å²) in [5.41, 5.74) is 5.89. The Hall–Kier alpha value is -1.01. The van der Waals surface area contributed by atoms with E-state index < -0.39 is 5.92 Å². The van der Waals surface area contributed by atoms with Gasteiger partial charge in [0.15, 0.2) is 0 Å². The molecule has 2 aliphatic heterocycles. The average Bonchev–Trinajstić information content (AvgIpc) is 2.39. The Bertz CT molecular complexity index is 371. The molecule has 1 saturated heterocycles. The Kier molecular flexibility index (Phi) is 5.10. The number of allylic oxidation sites excluding steroid dienone is 1. The van der Waals surface area contributed by atoms with Gasteiger partial charge in [-0.1, -0.05) is 6.08 Å². The van der Waals surface area contributed by atoms with Gasteiger partial charge in [0.1, 0.15) is 5.84 Å². The van der Waals surface area contributed by atoms with Crippen LogP contribution < -0.4 is 5.73 Å². The molecule has 0 bridgehead atoms. The third kappa shape index (κ3) is 3.76. The highest BCUT2D eigenvalue weighted by atomic mass is 19.3. The molecule has 2 heterocycles. The number of likely N-dealkylation sites (tertiary alicyclic amines) is 1. The van der Waals surface area contributed by atoms with Gasteiger partial charge in [-0.25, -0.2) is 8.78 Å². The number of nitrogens with two attached hydrogens (primary N) is 1. The summed E-state index contributed by atoms with van der Waals surface area (Å²) in [6.45, 7) is 1.93. The van der Waals surface area contributed by atoms with Crippen LogP contribution in [0, 0.1) is 0 Å². The highest BCUT2D eigenvalue weighted by Gasteiger charge is 2.37. The SMILES string of the molecule is CN1C=CCCCN=C1C(CN)N1CCC(F)(F)CC1. The minimum Gasteiger partial charge on any atom is -0.339 e. The maximum Gasteiger partial charge on any atom is 0.250 e.